The Morgan fingerprint density at radius 2 is 1.96 bits per heavy atom. The maximum atomic E-state index is 12.9. The summed E-state index contributed by atoms with van der Waals surface area (Å²) in [5.41, 5.74) is 4.71. The summed E-state index contributed by atoms with van der Waals surface area (Å²) in [5, 5.41) is 0. The number of hydrogen-bond donors (Lipinski definition) is 0. The fourth-order valence-electron chi connectivity index (χ4n) is 3.02. The second-order valence-corrected chi connectivity index (χ2v) is 5.83. The highest BCUT2D eigenvalue weighted by atomic mass is 16.2. The van der Waals surface area contributed by atoms with Gasteiger partial charge in [0.25, 0.3) is 5.91 Å². The second-order valence-electron chi connectivity index (χ2n) is 5.83. The van der Waals surface area contributed by atoms with E-state index in [2.05, 4.69) is 4.98 Å². The molecule has 2 aromatic heterocycles. The Morgan fingerprint density at radius 1 is 1.13 bits per heavy atom. The molecule has 114 valence electrons. The Bertz CT molecular complexity index is 868. The topological polar surface area (TPSA) is 38.1 Å². The van der Waals surface area contributed by atoms with Gasteiger partial charge in [-0.1, -0.05) is 6.07 Å². The molecule has 0 atom stereocenters. The first-order valence-electron chi connectivity index (χ1n) is 7.73. The zero-order valence-electron chi connectivity index (χ0n) is 12.9. The summed E-state index contributed by atoms with van der Waals surface area (Å²) in [6.07, 6.45) is 6.63. The molecule has 3 aromatic rings. The van der Waals surface area contributed by atoms with Crippen molar-refractivity contribution in [2.45, 2.75) is 13.3 Å². The van der Waals surface area contributed by atoms with Crippen molar-refractivity contribution in [3.63, 3.8) is 0 Å². The monoisotopic (exact) mass is 303 g/mol. The largest absolute Gasteiger partial charge is 0.324 e. The lowest BCUT2D eigenvalue weighted by molar-refractivity contribution is 0.0989. The van der Waals surface area contributed by atoms with E-state index in [9.17, 15) is 4.79 Å². The standard InChI is InChI=1S/C19H17N3O/c1-14-11-18-17(20-13-14)7-10-22(18)19(23)15-5-4-6-16(12-15)21-8-2-3-9-21/h2-6,8-9,11-13H,7,10H2,1H3. The van der Waals surface area contributed by atoms with Gasteiger partial charge >= 0.3 is 0 Å². The van der Waals surface area contributed by atoms with E-state index in [-0.39, 0.29) is 5.91 Å². The SMILES string of the molecule is Cc1cnc2c(c1)N(C(=O)c1cccc(-n3cccc3)c1)CC2. The molecule has 23 heavy (non-hydrogen) atoms. The highest BCUT2D eigenvalue weighted by molar-refractivity contribution is 6.07. The molecular weight excluding hydrogens is 286 g/mol. The van der Waals surface area contributed by atoms with E-state index < -0.39 is 0 Å². The number of rotatable bonds is 2. The van der Waals surface area contributed by atoms with Crippen LogP contribution in [0, 0.1) is 6.92 Å². The third kappa shape index (κ3) is 2.42. The third-order valence-corrected chi connectivity index (χ3v) is 4.19. The summed E-state index contributed by atoms with van der Waals surface area (Å²) in [6, 6.07) is 13.7. The van der Waals surface area contributed by atoms with Crippen LogP contribution in [0.4, 0.5) is 5.69 Å². The van der Waals surface area contributed by atoms with Crippen molar-refractivity contribution in [1.82, 2.24) is 9.55 Å². The first-order chi connectivity index (χ1) is 11.2. The summed E-state index contributed by atoms with van der Waals surface area (Å²) in [7, 11) is 0. The molecule has 4 nitrogen and oxygen atoms in total. The molecular formula is C19H17N3O. The van der Waals surface area contributed by atoms with Gasteiger partial charge in [0.2, 0.25) is 0 Å². The van der Waals surface area contributed by atoms with Crippen molar-refractivity contribution >= 4 is 11.6 Å². The number of aromatic nitrogens is 2. The number of pyridine rings is 1. The minimum Gasteiger partial charge on any atom is -0.324 e. The zero-order valence-corrected chi connectivity index (χ0v) is 12.9. The average Bonchev–Trinajstić information content (AvgIpc) is 3.24. The first kappa shape index (κ1) is 13.8. The van der Waals surface area contributed by atoms with E-state index in [0.29, 0.717) is 12.1 Å². The van der Waals surface area contributed by atoms with Crippen LogP contribution in [0.1, 0.15) is 21.6 Å². The molecule has 4 rings (SSSR count). The van der Waals surface area contributed by atoms with E-state index in [4.69, 9.17) is 0 Å². The Labute approximate surface area is 135 Å². The van der Waals surface area contributed by atoms with Crippen molar-refractivity contribution in [3.05, 3.63) is 77.9 Å². The van der Waals surface area contributed by atoms with Gasteiger partial charge in [0.05, 0.1) is 11.4 Å². The molecule has 0 N–H and O–H groups in total. The Kier molecular flexibility index (Phi) is 3.23. The second kappa shape index (κ2) is 5.39. The highest BCUT2D eigenvalue weighted by Gasteiger charge is 2.26. The number of anilines is 1. The van der Waals surface area contributed by atoms with E-state index in [0.717, 1.165) is 29.1 Å². The summed E-state index contributed by atoms with van der Waals surface area (Å²) < 4.78 is 2.00. The van der Waals surface area contributed by atoms with Crippen LogP contribution >= 0.6 is 0 Å². The molecule has 4 heteroatoms. The number of fused-ring (bicyclic) bond motifs is 1. The molecule has 1 aromatic carbocycles. The van der Waals surface area contributed by atoms with Gasteiger partial charge in [-0.15, -0.1) is 0 Å². The molecule has 1 aliphatic rings. The predicted octanol–water partition coefficient (Wildman–Crippen LogP) is 3.38. The molecule has 0 bridgehead atoms. The van der Waals surface area contributed by atoms with Crippen LogP contribution in [0.5, 0.6) is 0 Å². The molecule has 0 radical (unpaired) electrons. The van der Waals surface area contributed by atoms with Gasteiger partial charge in [-0.2, -0.15) is 0 Å². The summed E-state index contributed by atoms with van der Waals surface area (Å²) >= 11 is 0. The van der Waals surface area contributed by atoms with Crippen molar-refractivity contribution in [3.8, 4) is 5.69 Å². The highest BCUT2D eigenvalue weighted by Crippen LogP contribution is 2.28. The summed E-state index contributed by atoms with van der Waals surface area (Å²) in [4.78, 5) is 19.2. The number of benzene rings is 1. The van der Waals surface area contributed by atoms with Gasteiger partial charge in [-0.05, 0) is 48.9 Å². The van der Waals surface area contributed by atoms with Gasteiger partial charge < -0.3 is 9.47 Å². The van der Waals surface area contributed by atoms with Crippen molar-refractivity contribution < 1.29 is 4.79 Å². The van der Waals surface area contributed by atoms with E-state index >= 15 is 0 Å². The molecule has 1 amide bonds. The fourth-order valence-corrected chi connectivity index (χ4v) is 3.02. The van der Waals surface area contributed by atoms with Crippen LogP contribution < -0.4 is 4.90 Å². The lowest BCUT2D eigenvalue weighted by atomic mass is 10.1. The van der Waals surface area contributed by atoms with Crippen molar-refractivity contribution in [1.29, 1.82) is 0 Å². The molecule has 0 aliphatic carbocycles. The van der Waals surface area contributed by atoms with Gasteiger partial charge in [0.15, 0.2) is 0 Å². The Balaban J connectivity index is 1.69. The maximum Gasteiger partial charge on any atom is 0.258 e. The number of hydrogen-bond acceptors (Lipinski definition) is 2. The van der Waals surface area contributed by atoms with Crippen LogP contribution in [0.2, 0.25) is 0 Å². The van der Waals surface area contributed by atoms with Crippen LogP contribution in [-0.4, -0.2) is 22.0 Å². The lowest BCUT2D eigenvalue weighted by Crippen LogP contribution is -2.29. The Morgan fingerprint density at radius 3 is 2.78 bits per heavy atom. The molecule has 0 saturated heterocycles. The Hall–Kier alpha value is -2.88. The predicted molar refractivity (Wildman–Crippen MR) is 90.1 cm³/mol. The van der Waals surface area contributed by atoms with E-state index in [1.807, 2.05) is 77.4 Å². The van der Waals surface area contributed by atoms with Crippen LogP contribution in [0.3, 0.4) is 0 Å². The van der Waals surface area contributed by atoms with E-state index in [1.165, 1.54) is 0 Å². The molecule has 1 aliphatic heterocycles. The smallest absolute Gasteiger partial charge is 0.258 e. The van der Waals surface area contributed by atoms with E-state index in [1.54, 1.807) is 0 Å². The van der Waals surface area contributed by atoms with Gasteiger partial charge in [0, 0.05) is 42.8 Å². The van der Waals surface area contributed by atoms with Gasteiger partial charge in [-0.25, -0.2) is 0 Å². The maximum absolute atomic E-state index is 12.9. The number of amides is 1. The number of carbonyl (C=O) groups is 1. The van der Waals surface area contributed by atoms with Crippen LogP contribution in [0.15, 0.2) is 61.1 Å². The molecule has 0 saturated carbocycles. The first-order valence-corrected chi connectivity index (χ1v) is 7.73. The van der Waals surface area contributed by atoms with Crippen LogP contribution in [-0.2, 0) is 6.42 Å². The minimum atomic E-state index is 0.0326. The number of carbonyl (C=O) groups excluding carboxylic acids is 1. The molecule has 3 heterocycles. The van der Waals surface area contributed by atoms with Crippen LogP contribution in [0.25, 0.3) is 5.69 Å². The van der Waals surface area contributed by atoms with Gasteiger partial charge in [0.1, 0.15) is 0 Å². The van der Waals surface area contributed by atoms with Crippen molar-refractivity contribution in [2.24, 2.45) is 0 Å². The average molecular weight is 303 g/mol. The fraction of sp³-hybridized carbons (Fsp3) is 0.158. The number of aryl methyl sites for hydroxylation is 1. The molecule has 0 fully saturated rings. The quantitative estimate of drug-likeness (QED) is 0.728. The summed E-state index contributed by atoms with van der Waals surface area (Å²) in [5.74, 6) is 0.0326. The normalized spacial score (nSPS) is 13.2. The van der Waals surface area contributed by atoms with Crippen molar-refractivity contribution in [2.75, 3.05) is 11.4 Å². The lowest BCUT2D eigenvalue weighted by Gasteiger charge is -2.18. The number of nitrogens with zero attached hydrogens (tertiary/aromatic N) is 3. The molecule has 0 spiro atoms. The minimum absolute atomic E-state index is 0.0326. The zero-order chi connectivity index (χ0) is 15.8. The van der Waals surface area contributed by atoms with Gasteiger partial charge in [-0.3, -0.25) is 9.78 Å². The summed E-state index contributed by atoms with van der Waals surface area (Å²) in [6.45, 7) is 2.69. The molecule has 0 unspecified atom stereocenters. The third-order valence-electron chi connectivity index (χ3n) is 4.19.